The zero-order chi connectivity index (χ0) is 14.4. The first-order valence-corrected chi connectivity index (χ1v) is 7.17. The number of hydrogen-bond acceptors (Lipinski definition) is 4. The average molecular weight is 277 g/mol. The average Bonchev–Trinajstić information content (AvgIpc) is 2.43. The van der Waals surface area contributed by atoms with Gasteiger partial charge in [0.2, 0.25) is 5.91 Å². The molecule has 2 rings (SSSR count). The van der Waals surface area contributed by atoms with E-state index in [-0.39, 0.29) is 12.3 Å². The van der Waals surface area contributed by atoms with Crippen LogP contribution in [0.3, 0.4) is 0 Å². The molecule has 5 heteroatoms. The summed E-state index contributed by atoms with van der Waals surface area (Å²) in [5, 5.41) is 3.52. The van der Waals surface area contributed by atoms with E-state index in [0.717, 1.165) is 37.1 Å². The molecule has 0 saturated heterocycles. The Kier molecular flexibility index (Phi) is 5.24. The van der Waals surface area contributed by atoms with E-state index in [1.165, 1.54) is 0 Å². The largest absolute Gasteiger partial charge is 0.493 e. The number of primary amides is 1. The lowest BCUT2D eigenvalue weighted by Crippen LogP contribution is -2.32. The number of nitrogens with one attached hydrogen (secondary N) is 1. The number of hydrogen-bond donors (Lipinski definition) is 3. The maximum absolute atomic E-state index is 10.6. The molecular formula is C15H23N3O2. The summed E-state index contributed by atoms with van der Waals surface area (Å²) in [6, 6.07) is 8.67. The predicted octanol–water partition coefficient (Wildman–Crippen LogP) is 1.62. The molecule has 5 nitrogen and oxygen atoms in total. The van der Waals surface area contributed by atoms with Gasteiger partial charge in [0.05, 0.1) is 13.0 Å². The number of nitrogens with two attached hydrogens (primary N) is 2. The number of ether oxygens (including phenoxy) is 1. The Morgan fingerprint density at radius 2 is 1.85 bits per heavy atom. The van der Waals surface area contributed by atoms with E-state index >= 15 is 0 Å². The third kappa shape index (κ3) is 4.74. The summed E-state index contributed by atoms with van der Waals surface area (Å²) >= 11 is 0. The number of carbonyl (C=O) groups is 1. The smallest absolute Gasteiger partial charge is 0.220 e. The molecule has 0 aromatic heterocycles. The third-order valence-electron chi connectivity index (χ3n) is 3.61. The lowest BCUT2D eigenvalue weighted by molar-refractivity contribution is -0.118. The van der Waals surface area contributed by atoms with Gasteiger partial charge in [-0.1, -0.05) is 0 Å². The molecule has 0 radical (unpaired) electrons. The van der Waals surface area contributed by atoms with Crippen molar-refractivity contribution in [1.82, 2.24) is 0 Å². The number of carbonyl (C=O) groups excluding carboxylic acids is 1. The van der Waals surface area contributed by atoms with Crippen LogP contribution in [0.2, 0.25) is 0 Å². The van der Waals surface area contributed by atoms with E-state index in [1.807, 2.05) is 24.3 Å². The van der Waals surface area contributed by atoms with Gasteiger partial charge in [0.1, 0.15) is 5.75 Å². The van der Waals surface area contributed by atoms with Gasteiger partial charge in [0.25, 0.3) is 0 Å². The van der Waals surface area contributed by atoms with Crippen LogP contribution in [-0.2, 0) is 4.79 Å². The molecule has 1 aromatic rings. The van der Waals surface area contributed by atoms with Crippen molar-refractivity contribution in [3.8, 4) is 5.75 Å². The molecule has 1 fully saturated rings. The molecule has 1 aliphatic carbocycles. The summed E-state index contributed by atoms with van der Waals surface area (Å²) in [4.78, 5) is 10.6. The summed E-state index contributed by atoms with van der Waals surface area (Å²) in [7, 11) is 0. The fourth-order valence-corrected chi connectivity index (χ4v) is 2.42. The molecule has 0 spiro atoms. The fourth-order valence-electron chi connectivity index (χ4n) is 2.42. The number of benzene rings is 1. The van der Waals surface area contributed by atoms with Crippen molar-refractivity contribution < 1.29 is 9.53 Å². The predicted molar refractivity (Wildman–Crippen MR) is 79.6 cm³/mol. The molecule has 1 amide bonds. The highest BCUT2D eigenvalue weighted by Crippen LogP contribution is 2.22. The second-order valence-corrected chi connectivity index (χ2v) is 5.35. The number of rotatable bonds is 6. The summed E-state index contributed by atoms with van der Waals surface area (Å²) in [5.74, 6) is 0.404. The molecule has 1 aromatic carbocycles. The minimum absolute atomic E-state index is 0.238. The molecular weight excluding hydrogens is 254 g/mol. The van der Waals surface area contributed by atoms with Crippen LogP contribution in [-0.4, -0.2) is 24.6 Å². The Morgan fingerprint density at radius 3 is 2.45 bits per heavy atom. The van der Waals surface area contributed by atoms with Crippen molar-refractivity contribution in [3.05, 3.63) is 24.3 Å². The molecule has 0 bridgehead atoms. The van der Waals surface area contributed by atoms with Crippen LogP contribution in [0.1, 0.15) is 32.1 Å². The zero-order valence-electron chi connectivity index (χ0n) is 11.7. The summed E-state index contributed by atoms with van der Waals surface area (Å²) < 4.78 is 5.43. The first kappa shape index (κ1) is 14.7. The van der Waals surface area contributed by atoms with Gasteiger partial charge < -0.3 is 21.5 Å². The Bertz CT molecular complexity index is 425. The molecule has 1 aliphatic rings. The summed E-state index contributed by atoms with van der Waals surface area (Å²) in [6.45, 7) is 0.322. The summed E-state index contributed by atoms with van der Waals surface area (Å²) in [5.41, 5.74) is 12.0. The van der Waals surface area contributed by atoms with E-state index in [4.69, 9.17) is 16.2 Å². The van der Waals surface area contributed by atoms with Gasteiger partial charge in [0, 0.05) is 17.8 Å². The van der Waals surface area contributed by atoms with Crippen LogP contribution in [0.15, 0.2) is 24.3 Å². The fraction of sp³-hybridized carbons (Fsp3) is 0.533. The van der Waals surface area contributed by atoms with Crippen LogP contribution in [0.5, 0.6) is 5.75 Å². The second-order valence-electron chi connectivity index (χ2n) is 5.35. The van der Waals surface area contributed by atoms with E-state index < -0.39 is 0 Å². The van der Waals surface area contributed by atoms with Crippen molar-refractivity contribution in [1.29, 1.82) is 0 Å². The Balaban J connectivity index is 1.77. The van der Waals surface area contributed by atoms with Crippen molar-refractivity contribution in [2.24, 2.45) is 11.5 Å². The molecule has 0 aliphatic heterocycles. The lowest BCUT2D eigenvalue weighted by Gasteiger charge is -2.27. The van der Waals surface area contributed by atoms with Gasteiger partial charge in [-0.25, -0.2) is 0 Å². The Morgan fingerprint density at radius 1 is 1.20 bits per heavy atom. The molecule has 0 unspecified atom stereocenters. The van der Waals surface area contributed by atoms with Crippen molar-refractivity contribution in [2.45, 2.75) is 44.2 Å². The van der Waals surface area contributed by atoms with Gasteiger partial charge in [-0.3, -0.25) is 4.79 Å². The highest BCUT2D eigenvalue weighted by Gasteiger charge is 2.17. The van der Waals surface area contributed by atoms with Crippen LogP contribution < -0.4 is 21.5 Å². The van der Waals surface area contributed by atoms with Gasteiger partial charge >= 0.3 is 0 Å². The first-order chi connectivity index (χ1) is 9.63. The Hall–Kier alpha value is -1.75. The Labute approximate surface area is 119 Å². The van der Waals surface area contributed by atoms with E-state index in [9.17, 15) is 4.79 Å². The van der Waals surface area contributed by atoms with Crippen molar-refractivity contribution in [2.75, 3.05) is 11.9 Å². The standard InChI is InChI=1S/C15H23N3O2/c16-11-1-3-12(4-2-11)18-13-5-7-14(8-6-13)20-10-9-15(17)19/h5-8,11-12,18H,1-4,9-10,16H2,(H2,17,19). The SMILES string of the molecule is NC(=O)CCOc1ccc(NC2CCC(N)CC2)cc1. The van der Waals surface area contributed by atoms with Gasteiger partial charge in [-0.05, 0) is 49.9 Å². The lowest BCUT2D eigenvalue weighted by atomic mass is 9.92. The zero-order valence-corrected chi connectivity index (χ0v) is 11.7. The topological polar surface area (TPSA) is 90.4 Å². The molecule has 0 atom stereocenters. The van der Waals surface area contributed by atoms with Crippen LogP contribution >= 0.6 is 0 Å². The van der Waals surface area contributed by atoms with Gasteiger partial charge in [-0.15, -0.1) is 0 Å². The third-order valence-corrected chi connectivity index (χ3v) is 3.61. The quantitative estimate of drug-likeness (QED) is 0.737. The molecule has 20 heavy (non-hydrogen) atoms. The van der Waals surface area contributed by atoms with E-state index in [2.05, 4.69) is 5.32 Å². The number of anilines is 1. The summed E-state index contributed by atoms with van der Waals surface area (Å²) in [6.07, 6.45) is 4.66. The minimum atomic E-state index is -0.348. The maximum Gasteiger partial charge on any atom is 0.220 e. The second kappa shape index (κ2) is 7.14. The molecule has 0 heterocycles. The van der Waals surface area contributed by atoms with Gasteiger partial charge in [-0.2, -0.15) is 0 Å². The van der Waals surface area contributed by atoms with Crippen molar-refractivity contribution >= 4 is 11.6 Å². The van der Waals surface area contributed by atoms with Crippen molar-refractivity contribution in [3.63, 3.8) is 0 Å². The van der Waals surface area contributed by atoms with E-state index in [0.29, 0.717) is 18.7 Å². The molecule has 1 saturated carbocycles. The maximum atomic E-state index is 10.6. The highest BCUT2D eigenvalue weighted by atomic mass is 16.5. The molecule has 5 N–H and O–H groups in total. The van der Waals surface area contributed by atoms with E-state index in [1.54, 1.807) is 0 Å². The van der Waals surface area contributed by atoms with Crippen LogP contribution in [0.25, 0.3) is 0 Å². The monoisotopic (exact) mass is 277 g/mol. The normalized spacial score (nSPS) is 22.2. The minimum Gasteiger partial charge on any atom is -0.493 e. The van der Waals surface area contributed by atoms with Crippen LogP contribution in [0.4, 0.5) is 5.69 Å². The first-order valence-electron chi connectivity index (χ1n) is 7.17. The van der Waals surface area contributed by atoms with Crippen LogP contribution in [0, 0.1) is 0 Å². The highest BCUT2D eigenvalue weighted by molar-refractivity contribution is 5.73. The molecule has 110 valence electrons. The number of amides is 1. The van der Waals surface area contributed by atoms with Gasteiger partial charge in [0.15, 0.2) is 0 Å².